The van der Waals surface area contributed by atoms with Crippen LogP contribution in [0.1, 0.15) is 0 Å². The van der Waals surface area contributed by atoms with Crippen molar-refractivity contribution in [2.45, 2.75) is 0 Å². The van der Waals surface area contributed by atoms with Crippen molar-refractivity contribution in [1.82, 2.24) is 15.0 Å². The van der Waals surface area contributed by atoms with E-state index in [9.17, 15) is 0 Å². The van der Waals surface area contributed by atoms with Gasteiger partial charge in [0, 0.05) is 60.0 Å². The zero-order chi connectivity index (χ0) is 34.2. The van der Waals surface area contributed by atoms with Gasteiger partial charge in [0.1, 0.15) is 22.3 Å². The predicted molar refractivity (Wildman–Crippen MR) is 211 cm³/mol. The molecule has 52 heavy (non-hydrogen) atoms. The summed E-state index contributed by atoms with van der Waals surface area (Å²) in [6.45, 7) is 0. The zero-order valence-corrected chi connectivity index (χ0v) is 27.7. The molecule has 0 aliphatic carbocycles. The van der Waals surface area contributed by atoms with Crippen LogP contribution in [0.3, 0.4) is 0 Å². The quantitative estimate of drug-likeness (QED) is 0.175. The average Bonchev–Trinajstić information content (AvgIpc) is 3.79. The number of rotatable bonds is 4. The van der Waals surface area contributed by atoms with Gasteiger partial charge in [0.25, 0.3) is 0 Å². The Morgan fingerprint density at radius 1 is 0.365 bits per heavy atom. The summed E-state index contributed by atoms with van der Waals surface area (Å²) in [5.41, 5.74) is 10.8. The first-order valence-electron chi connectivity index (χ1n) is 17.4. The Balaban J connectivity index is 1.14. The summed E-state index contributed by atoms with van der Waals surface area (Å²) in [5.74, 6) is 0.620. The van der Waals surface area contributed by atoms with Crippen molar-refractivity contribution in [1.29, 1.82) is 0 Å². The molecule has 0 unspecified atom stereocenters. The molecule has 0 spiro atoms. The first-order chi connectivity index (χ1) is 25.8. The van der Waals surface area contributed by atoms with E-state index in [0.717, 1.165) is 105 Å². The second-order valence-corrected chi connectivity index (χ2v) is 13.1. The van der Waals surface area contributed by atoms with E-state index >= 15 is 0 Å². The average molecular weight is 666 g/mol. The molecule has 0 saturated heterocycles. The van der Waals surface area contributed by atoms with E-state index in [0.29, 0.717) is 5.82 Å². The number of para-hydroxylation sites is 2. The van der Waals surface area contributed by atoms with E-state index < -0.39 is 0 Å². The number of aromatic nitrogens is 3. The molecule has 4 aromatic heterocycles. The second-order valence-electron chi connectivity index (χ2n) is 13.1. The maximum absolute atomic E-state index is 6.86. The number of nitrogens with zero attached hydrogens (tertiary/aromatic N) is 3. The van der Waals surface area contributed by atoms with E-state index in [1.165, 1.54) is 0 Å². The van der Waals surface area contributed by atoms with Gasteiger partial charge in [0.15, 0.2) is 5.82 Å². The van der Waals surface area contributed by atoms with Crippen LogP contribution in [-0.4, -0.2) is 15.0 Å². The summed E-state index contributed by atoms with van der Waals surface area (Å²) < 4.78 is 13.1. The molecule has 0 bridgehead atoms. The number of furan rings is 2. The monoisotopic (exact) mass is 665 g/mol. The van der Waals surface area contributed by atoms with Crippen LogP contribution in [0.4, 0.5) is 0 Å². The van der Waals surface area contributed by atoms with Crippen molar-refractivity contribution in [3.05, 3.63) is 164 Å². The molecular formula is C47H27N3O2. The Hall–Kier alpha value is -7.11. The topological polar surface area (TPSA) is 65.0 Å². The minimum atomic E-state index is 0.620. The number of fused-ring (bicyclic) bond motifs is 10. The van der Waals surface area contributed by atoms with Gasteiger partial charge in [-0.2, -0.15) is 0 Å². The van der Waals surface area contributed by atoms with Crippen molar-refractivity contribution in [2.75, 3.05) is 0 Å². The van der Waals surface area contributed by atoms with Crippen molar-refractivity contribution in [3.8, 4) is 45.2 Å². The van der Waals surface area contributed by atoms with Crippen LogP contribution < -0.4 is 0 Å². The van der Waals surface area contributed by atoms with E-state index in [1.807, 2.05) is 60.7 Å². The van der Waals surface area contributed by atoms with Gasteiger partial charge in [0.05, 0.1) is 22.6 Å². The standard InChI is InChI=1S/C47H27N3O2/c1-3-12-28(13-4-1)38-27-39(34-18-11-21-41-43(34)35-17-8-10-20-40(35)51-41)50-47(49-38)30-22-23-31-32-24-25-36-44(46(32)52-42(31)26-30)33-16-7-9-19-37(33)48-45(36)29-14-5-2-6-15-29/h1-27H. The van der Waals surface area contributed by atoms with Crippen LogP contribution in [0.25, 0.3) is 111 Å². The molecule has 0 atom stereocenters. The third kappa shape index (κ3) is 4.39. The molecule has 0 aliphatic heterocycles. The van der Waals surface area contributed by atoms with Crippen molar-refractivity contribution in [2.24, 2.45) is 0 Å². The molecule has 242 valence electrons. The molecule has 4 heterocycles. The lowest BCUT2D eigenvalue weighted by atomic mass is 9.97. The van der Waals surface area contributed by atoms with Gasteiger partial charge >= 0.3 is 0 Å². The molecule has 0 amide bonds. The maximum Gasteiger partial charge on any atom is 0.160 e. The van der Waals surface area contributed by atoms with Crippen LogP contribution in [0.5, 0.6) is 0 Å². The summed E-state index contributed by atoms with van der Waals surface area (Å²) in [6, 6.07) is 55.9. The molecule has 0 saturated carbocycles. The summed E-state index contributed by atoms with van der Waals surface area (Å²) in [5, 5.41) is 7.37. The predicted octanol–water partition coefficient (Wildman–Crippen LogP) is 12.6. The van der Waals surface area contributed by atoms with Gasteiger partial charge in [-0.05, 0) is 42.5 Å². The Morgan fingerprint density at radius 3 is 1.92 bits per heavy atom. The summed E-state index contributed by atoms with van der Waals surface area (Å²) in [4.78, 5) is 15.5. The highest BCUT2D eigenvalue weighted by molar-refractivity contribution is 6.24. The fourth-order valence-corrected chi connectivity index (χ4v) is 7.68. The normalized spacial score (nSPS) is 11.8. The third-order valence-electron chi connectivity index (χ3n) is 10.1. The van der Waals surface area contributed by atoms with Gasteiger partial charge in [-0.25, -0.2) is 15.0 Å². The highest BCUT2D eigenvalue weighted by Gasteiger charge is 2.20. The fraction of sp³-hybridized carbons (Fsp3) is 0. The molecular weight excluding hydrogens is 639 g/mol. The van der Waals surface area contributed by atoms with E-state index in [-0.39, 0.29) is 0 Å². The smallest absolute Gasteiger partial charge is 0.160 e. The van der Waals surface area contributed by atoms with E-state index in [2.05, 4.69) is 103 Å². The molecule has 5 nitrogen and oxygen atoms in total. The van der Waals surface area contributed by atoms with Crippen LogP contribution in [0.2, 0.25) is 0 Å². The summed E-state index contributed by atoms with van der Waals surface area (Å²) in [6.07, 6.45) is 0. The summed E-state index contributed by atoms with van der Waals surface area (Å²) in [7, 11) is 0. The van der Waals surface area contributed by atoms with Gasteiger partial charge in [-0.3, -0.25) is 0 Å². The van der Waals surface area contributed by atoms with Crippen molar-refractivity contribution in [3.63, 3.8) is 0 Å². The largest absolute Gasteiger partial charge is 0.456 e. The Kier molecular flexibility index (Phi) is 6.18. The Labute approximate surface area is 297 Å². The van der Waals surface area contributed by atoms with Gasteiger partial charge in [0.2, 0.25) is 0 Å². The van der Waals surface area contributed by atoms with E-state index in [4.69, 9.17) is 23.8 Å². The molecule has 0 N–H and O–H groups in total. The molecule has 0 radical (unpaired) electrons. The highest BCUT2D eigenvalue weighted by atomic mass is 16.3. The van der Waals surface area contributed by atoms with Crippen LogP contribution in [-0.2, 0) is 0 Å². The Morgan fingerprint density at radius 2 is 1.06 bits per heavy atom. The SMILES string of the molecule is c1ccc(-c2cc(-c3cccc4oc5ccccc5c34)nc(-c3ccc4c(c3)oc3c4ccc4c(-c5ccccc5)nc5ccccc5c43)n2)cc1. The first kappa shape index (κ1) is 28.7. The number of benzene rings is 7. The molecule has 5 heteroatoms. The molecule has 0 fully saturated rings. The second kappa shape index (κ2) is 11.2. The minimum Gasteiger partial charge on any atom is -0.456 e. The highest BCUT2D eigenvalue weighted by Crippen LogP contribution is 2.42. The van der Waals surface area contributed by atoms with Gasteiger partial charge in [-0.15, -0.1) is 0 Å². The van der Waals surface area contributed by atoms with Crippen LogP contribution in [0, 0.1) is 0 Å². The fourth-order valence-electron chi connectivity index (χ4n) is 7.68. The van der Waals surface area contributed by atoms with Crippen LogP contribution in [0.15, 0.2) is 173 Å². The minimum absolute atomic E-state index is 0.620. The molecule has 11 rings (SSSR count). The lowest BCUT2D eigenvalue weighted by Gasteiger charge is -2.10. The number of pyridine rings is 1. The third-order valence-corrected chi connectivity index (χ3v) is 10.1. The van der Waals surface area contributed by atoms with E-state index in [1.54, 1.807) is 0 Å². The van der Waals surface area contributed by atoms with Gasteiger partial charge in [-0.1, -0.05) is 121 Å². The number of hydrogen-bond donors (Lipinski definition) is 0. The molecule has 11 aromatic rings. The lowest BCUT2D eigenvalue weighted by Crippen LogP contribution is -1.96. The van der Waals surface area contributed by atoms with Crippen molar-refractivity contribution < 1.29 is 8.83 Å². The molecule has 7 aromatic carbocycles. The maximum atomic E-state index is 6.86. The molecule has 0 aliphatic rings. The van der Waals surface area contributed by atoms with Crippen LogP contribution >= 0.6 is 0 Å². The lowest BCUT2D eigenvalue weighted by molar-refractivity contribution is 0.669. The number of hydrogen-bond acceptors (Lipinski definition) is 5. The first-order valence-corrected chi connectivity index (χ1v) is 17.4. The van der Waals surface area contributed by atoms with Crippen molar-refractivity contribution >= 4 is 65.6 Å². The Bertz CT molecular complexity index is 3180. The zero-order valence-electron chi connectivity index (χ0n) is 27.7. The summed E-state index contributed by atoms with van der Waals surface area (Å²) >= 11 is 0. The van der Waals surface area contributed by atoms with Gasteiger partial charge < -0.3 is 8.83 Å².